The molecule has 2 fully saturated rings. The summed E-state index contributed by atoms with van der Waals surface area (Å²) in [5, 5.41) is 3.97. The fraction of sp³-hybridized carbons (Fsp3) is 0.636. The zero-order valence-corrected chi connectivity index (χ0v) is 17.6. The van der Waals surface area contributed by atoms with Crippen molar-refractivity contribution in [3.8, 4) is 0 Å². The van der Waals surface area contributed by atoms with Crippen molar-refractivity contribution < 1.29 is 4.79 Å². The number of piperidine rings is 1. The molecule has 0 radical (unpaired) electrons. The molecule has 29 heavy (non-hydrogen) atoms. The first-order valence-corrected chi connectivity index (χ1v) is 10.9. The second-order valence-corrected chi connectivity index (χ2v) is 8.81. The van der Waals surface area contributed by atoms with Crippen LogP contribution in [-0.2, 0) is 4.79 Å². The largest absolute Gasteiger partial charge is 0.354 e. The molecule has 0 aromatic carbocycles. The van der Waals surface area contributed by atoms with Crippen molar-refractivity contribution in [1.29, 1.82) is 0 Å². The molecule has 0 unspecified atom stereocenters. The number of nitrogens with one attached hydrogen (secondary N) is 1. The van der Waals surface area contributed by atoms with Gasteiger partial charge < -0.3 is 10.2 Å². The molecular weight excluding hydrogens is 366 g/mol. The van der Waals surface area contributed by atoms with Crippen LogP contribution in [0.1, 0.15) is 64.0 Å². The van der Waals surface area contributed by atoms with Gasteiger partial charge in [-0.05, 0) is 52.0 Å². The second kappa shape index (κ2) is 8.13. The Balaban J connectivity index is 1.60. The first-order valence-electron chi connectivity index (χ1n) is 10.9. The summed E-state index contributed by atoms with van der Waals surface area (Å²) >= 11 is 0. The summed E-state index contributed by atoms with van der Waals surface area (Å²) in [6.07, 6.45) is 7.84. The van der Waals surface area contributed by atoms with Crippen molar-refractivity contribution in [2.24, 2.45) is 5.92 Å². The average molecular weight is 398 g/mol. The van der Waals surface area contributed by atoms with Crippen molar-refractivity contribution in [1.82, 2.24) is 19.9 Å². The van der Waals surface area contributed by atoms with E-state index in [2.05, 4.69) is 15.2 Å². The maximum absolute atomic E-state index is 12.8. The predicted molar refractivity (Wildman–Crippen MR) is 114 cm³/mol. The molecule has 1 aliphatic heterocycles. The molecule has 3 heterocycles. The number of aromatic nitrogens is 3. The first kappa shape index (κ1) is 19.9. The van der Waals surface area contributed by atoms with Crippen LogP contribution in [0.5, 0.6) is 0 Å². The Morgan fingerprint density at radius 2 is 1.86 bits per heavy atom. The Bertz CT molecular complexity index is 954. The number of pyridine rings is 1. The van der Waals surface area contributed by atoms with Gasteiger partial charge in [0.1, 0.15) is 5.65 Å². The van der Waals surface area contributed by atoms with Crippen LogP contribution < -0.4 is 15.8 Å². The van der Waals surface area contributed by atoms with Crippen molar-refractivity contribution in [3.63, 3.8) is 0 Å². The maximum atomic E-state index is 12.8. The number of fused-ring (bicyclic) bond motifs is 1. The third-order valence-corrected chi connectivity index (χ3v) is 6.26. The Kier molecular flexibility index (Phi) is 5.56. The molecule has 4 rings (SSSR count). The number of anilines is 1. The third kappa shape index (κ3) is 4.00. The van der Waals surface area contributed by atoms with Crippen molar-refractivity contribution in [2.45, 2.75) is 71.4 Å². The summed E-state index contributed by atoms with van der Waals surface area (Å²) in [5.41, 5.74) is 1.72. The topological polar surface area (TPSA) is 80.1 Å². The molecule has 2 aliphatic rings. The highest BCUT2D eigenvalue weighted by atomic mass is 16.2. The lowest BCUT2D eigenvalue weighted by Crippen LogP contribution is -2.43. The fourth-order valence-electron chi connectivity index (χ4n) is 4.67. The minimum absolute atomic E-state index is 0.0376. The summed E-state index contributed by atoms with van der Waals surface area (Å²) < 4.78 is 1.89. The molecule has 1 saturated carbocycles. The summed E-state index contributed by atoms with van der Waals surface area (Å²) in [6, 6.07) is 2.11. The van der Waals surface area contributed by atoms with Gasteiger partial charge in [-0.25, -0.2) is 4.98 Å². The van der Waals surface area contributed by atoms with Crippen LogP contribution in [0.2, 0.25) is 0 Å². The van der Waals surface area contributed by atoms with Gasteiger partial charge in [-0.3, -0.25) is 14.2 Å². The lowest BCUT2D eigenvalue weighted by atomic mass is 9.96. The highest BCUT2D eigenvalue weighted by Gasteiger charge is 2.27. The number of carbonyl (C=O) groups is 1. The van der Waals surface area contributed by atoms with Gasteiger partial charge in [0.2, 0.25) is 11.9 Å². The van der Waals surface area contributed by atoms with Crippen molar-refractivity contribution in [3.05, 3.63) is 28.2 Å². The van der Waals surface area contributed by atoms with E-state index in [1.54, 1.807) is 6.07 Å². The number of nitrogens with zero attached hydrogens (tertiary/aromatic N) is 4. The molecule has 2 aromatic heterocycles. The highest BCUT2D eigenvalue weighted by Crippen LogP contribution is 2.31. The van der Waals surface area contributed by atoms with Crippen LogP contribution >= 0.6 is 0 Å². The molecule has 7 nitrogen and oxygen atoms in total. The molecule has 1 N–H and O–H groups in total. The lowest BCUT2D eigenvalue weighted by molar-refractivity contribution is -0.126. The Hall–Kier alpha value is -2.44. The van der Waals surface area contributed by atoms with Crippen molar-refractivity contribution in [2.75, 3.05) is 18.0 Å². The standard InChI is InChI=1S/C22H31N5O2/c1-14(2)24-21(29)16-8-10-26(11-9-16)22-23-13-18-15(3)12-19(28)27(20(18)25-22)17-6-4-5-7-17/h12-14,16-17H,4-11H2,1-3H3,(H,24,29). The predicted octanol–water partition coefficient (Wildman–Crippen LogP) is 2.96. The molecular formula is C22H31N5O2. The number of hydrogen-bond donors (Lipinski definition) is 1. The summed E-state index contributed by atoms with van der Waals surface area (Å²) in [6.45, 7) is 7.43. The van der Waals surface area contributed by atoms with E-state index in [1.165, 1.54) is 0 Å². The van der Waals surface area contributed by atoms with E-state index < -0.39 is 0 Å². The summed E-state index contributed by atoms with van der Waals surface area (Å²) in [7, 11) is 0. The molecule has 0 atom stereocenters. The lowest BCUT2D eigenvalue weighted by Gasteiger charge is -2.32. The van der Waals surface area contributed by atoms with Crippen LogP contribution in [-0.4, -0.2) is 39.6 Å². The zero-order chi connectivity index (χ0) is 20.5. The first-order chi connectivity index (χ1) is 13.9. The molecule has 1 amide bonds. The van der Waals surface area contributed by atoms with Crippen molar-refractivity contribution >= 4 is 22.9 Å². The van der Waals surface area contributed by atoms with E-state index in [1.807, 2.05) is 31.5 Å². The second-order valence-electron chi connectivity index (χ2n) is 8.81. The number of rotatable bonds is 4. The number of amides is 1. The molecule has 2 aromatic rings. The van der Waals surface area contributed by atoms with Gasteiger partial charge >= 0.3 is 0 Å². The van der Waals surface area contributed by atoms with Crippen LogP contribution in [0, 0.1) is 12.8 Å². The zero-order valence-electron chi connectivity index (χ0n) is 17.6. The molecule has 7 heteroatoms. The van der Waals surface area contributed by atoms with Gasteiger partial charge in [-0.1, -0.05) is 12.8 Å². The van der Waals surface area contributed by atoms with Crippen LogP contribution in [0.4, 0.5) is 5.95 Å². The third-order valence-electron chi connectivity index (χ3n) is 6.26. The van der Waals surface area contributed by atoms with Crippen LogP contribution in [0.25, 0.3) is 11.0 Å². The van der Waals surface area contributed by atoms with Crippen LogP contribution in [0.15, 0.2) is 17.1 Å². The van der Waals surface area contributed by atoms with E-state index in [4.69, 9.17) is 4.98 Å². The van der Waals surface area contributed by atoms with Gasteiger partial charge in [-0.2, -0.15) is 4.98 Å². The average Bonchev–Trinajstić information content (AvgIpc) is 3.21. The van der Waals surface area contributed by atoms with Gasteiger partial charge in [-0.15, -0.1) is 0 Å². The van der Waals surface area contributed by atoms with Gasteiger partial charge in [0.25, 0.3) is 5.56 Å². The maximum Gasteiger partial charge on any atom is 0.252 e. The van der Waals surface area contributed by atoms with E-state index in [9.17, 15) is 9.59 Å². The molecule has 0 bridgehead atoms. The van der Waals surface area contributed by atoms with E-state index in [0.717, 1.165) is 68.2 Å². The van der Waals surface area contributed by atoms with E-state index >= 15 is 0 Å². The normalized spacial score (nSPS) is 18.7. The summed E-state index contributed by atoms with van der Waals surface area (Å²) in [4.78, 5) is 36.7. The van der Waals surface area contributed by atoms with Gasteiger partial charge in [0, 0.05) is 48.7 Å². The quantitative estimate of drug-likeness (QED) is 0.858. The Morgan fingerprint density at radius 3 is 2.52 bits per heavy atom. The molecule has 1 aliphatic carbocycles. The smallest absolute Gasteiger partial charge is 0.252 e. The summed E-state index contributed by atoms with van der Waals surface area (Å²) in [5.74, 6) is 0.856. The van der Waals surface area contributed by atoms with E-state index in [0.29, 0.717) is 5.95 Å². The molecule has 156 valence electrons. The monoisotopic (exact) mass is 397 g/mol. The Morgan fingerprint density at radius 1 is 1.17 bits per heavy atom. The number of carbonyl (C=O) groups excluding carboxylic acids is 1. The van der Waals surface area contributed by atoms with E-state index in [-0.39, 0.29) is 29.5 Å². The van der Waals surface area contributed by atoms with Gasteiger partial charge in [0.05, 0.1) is 0 Å². The molecule has 0 spiro atoms. The minimum atomic E-state index is 0.0376. The fourth-order valence-corrected chi connectivity index (χ4v) is 4.67. The number of hydrogen-bond acceptors (Lipinski definition) is 5. The SMILES string of the molecule is Cc1cc(=O)n(C2CCCC2)c2nc(N3CCC(C(=O)NC(C)C)CC3)ncc12. The highest BCUT2D eigenvalue weighted by molar-refractivity contribution is 5.80. The number of aryl methyl sites for hydroxylation is 1. The Labute approximate surface area is 171 Å². The van der Waals surface area contributed by atoms with Gasteiger partial charge in [0.15, 0.2) is 0 Å². The minimum Gasteiger partial charge on any atom is -0.354 e. The van der Waals surface area contributed by atoms with Crippen LogP contribution in [0.3, 0.4) is 0 Å². The molecule has 1 saturated heterocycles.